The van der Waals surface area contributed by atoms with Crippen molar-refractivity contribution in [3.05, 3.63) is 0 Å². The molecule has 0 aliphatic carbocycles. The van der Waals surface area contributed by atoms with E-state index in [0.717, 1.165) is 38.5 Å². The van der Waals surface area contributed by atoms with Crippen LogP contribution in [0.25, 0.3) is 0 Å². The van der Waals surface area contributed by atoms with E-state index in [1.165, 1.54) is 180 Å². The highest BCUT2D eigenvalue weighted by molar-refractivity contribution is 5.80. The number of hydrogen-bond donors (Lipinski definition) is 5. The van der Waals surface area contributed by atoms with Gasteiger partial charge in [-0.1, -0.05) is 232 Å². The van der Waals surface area contributed by atoms with E-state index in [2.05, 4.69) is 19.2 Å². The monoisotopic (exact) mass is 712 g/mol. The van der Waals surface area contributed by atoms with Crippen molar-refractivity contribution in [2.24, 2.45) is 0 Å². The summed E-state index contributed by atoms with van der Waals surface area (Å²) in [5.74, 6) is -0.580. The van der Waals surface area contributed by atoms with Gasteiger partial charge in [0.25, 0.3) is 0 Å². The van der Waals surface area contributed by atoms with Crippen LogP contribution in [0.3, 0.4) is 0 Å². The second kappa shape index (κ2) is 39.5. The number of nitrogens with one attached hydrogen (secondary N) is 1. The SMILES string of the molecule is CCCCCCCCCCCCCCCCCCCCCCCCCC(O)C(=O)NC(CO)C(O)C(O)CCCCCCCCCCCCC. The van der Waals surface area contributed by atoms with E-state index in [1.54, 1.807) is 0 Å². The minimum absolute atomic E-state index is 0.376. The number of carbonyl (C=O) groups is 1. The molecule has 4 atom stereocenters. The zero-order valence-electron chi connectivity index (χ0n) is 33.7. The van der Waals surface area contributed by atoms with Gasteiger partial charge in [0.1, 0.15) is 12.2 Å². The van der Waals surface area contributed by atoms with Crippen LogP contribution in [0.15, 0.2) is 0 Å². The van der Waals surface area contributed by atoms with Crippen molar-refractivity contribution < 1.29 is 25.2 Å². The molecule has 0 radical (unpaired) electrons. The molecule has 300 valence electrons. The second-order valence-corrected chi connectivity index (χ2v) is 15.8. The first-order valence-electron chi connectivity index (χ1n) is 22.4. The largest absolute Gasteiger partial charge is 0.394 e. The van der Waals surface area contributed by atoms with E-state index >= 15 is 0 Å². The van der Waals surface area contributed by atoms with E-state index in [4.69, 9.17) is 0 Å². The molecule has 0 aliphatic rings. The van der Waals surface area contributed by atoms with Crippen molar-refractivity contribution in [2.75, 3.05) is 6.61 Å². The molecule has 6 nitrogen and oxygen atoms in total. The zero-order chi connectivity index (χ0) is 36.8. The van der Waals surface area contributed by atoms with Gasteiger partial charge in [0, 0.05) is 0 Å². The molecule has 0 heterocycles. The normalized spacial score (nSPS) is 14.1. The lowest BCUT2D eigenvalue weighted by Crippen LogP contribution is -2.53. The molecule has 5 N–H and O–H groups in total. The van der Waals surface area contributed by atoms with Gasteiger partial charge in [0.05, 0.1) is 18.8 Å². The summed E-state index contributed by atoms with van der Waals surface area (Å²) in [5, 5.41) is 43.6. The van der Waals surface area contributed by atoms with Crippen LogP contribution in [0.5, 0.6) is 0 Å². The molecule has 0 bridgehead atoms. The highest BCUT2D eigenvalue weighted by Gasteiger charge is 2.28. The first-order chi connectivity index (χ1) is 24.5. The van der Waals surface area contributed by atoms with E-state index in [0.29, 0.717) is 12.8 Å². The molecule has 0 aliphatic heterocycles. The second-order valence-electron chi connectivity index (χ2n) is 15.8. The molecule has 1 amide bonds. The highest BCUT2D eigenvalue weighted by atomic mass is 16.3. The van der Waals surface area contributed by atoms with Gasteiger partial charge in [0.2, 0.25) is 5.91 Å². The Hall–Kier alpha value is -0.690. The summed E-state index contributed by atoms with van der Waals surface area (Å²) in [7, 11) is 0. The zero-order valence-corrected chi connectivity index (χ0v) is 33.7. The number of rotatable bonds is 41. The lowest BCUT2D eigenvalue weighted by Gasteiger charge is -2.27. The number of carbonyl (C=O) groups excluding carboxylic acids is 1. The number of aliphatic hydroxyl groups is 4. The summed E-state index contributed by atoms with van der Waals surface area (Å²) in [5.41, 5.74) is 0. The standard InChI is InChI=1S/C44H89NO5/c1-3-5-7-9-11-13-15-16-17-18-19-20-21-22-23-24-25-26-28-30-32-34-36-38-42(48)44(50)45-40(39-46)43(49)41(47)37-35-33-31-29-27-14-12-10-8-6-4-2/h40-43,46-49H,3-39H2,1-2H3,(H,45,50). The lowest BCUT2D eigenvalue weighted by molar-refractivity contribution is -0.132. The van der Waals surface area contributed by atoms with Crippen molar-refractivity contribution >= 4 is 5.91 Å². The van der Waals surface area contributed by atoms with Crippen LogP contribution >= 0.6 is 0 Å². The minimum atomic E-state index is -1.25. The molecule has 50 heavy (non-hydrogen) atoms. The van der Waals surface area contributed by atoms with Crippen LogP contribution in [0.1, 0.15) is 245 Å². The topological polar surface area (TPSA) is 110 Å². The van der Waals surface area contributed by atoms with Gasteiger partial charge in [-0.05, 0) is 12.8 Å². The summed E-state index contributed by atoms with van der Waals surface area (Å²) >= 11 is 0. The van der Waals surface area contributed by atoms with Gasteiger partial charge < -0.3 is 25.7 Å². The highest BCUT2D eigenvalue weighted by Crippen LogP contribution is 2.17. The van der Waals surface area contributed by atoms with E-state index < -0.39 is 36.9 Å². The average molecular weight is 712 g/mol. The summed E-state index contributed by atoms with van der Waals surface area (Å²) < 4.78 is 0. The third-order valence-corrected chi connectivity index (χ3v) is 10.8. The Kier molecular flexibility index (Phi) is 39.0. The summed E-state index contributed by atoms with van der Waals surface area (Å²) in [6.07, 6.45) is 41.4. The fraction of sp³-hybridized carbons (Fsp3) is 0.977. The minimum Gasteiger partial charge on any atom is -0.394 e. The summed E-state index contributed by atoms with van der Waals surface area (Å²) in [4.78, 5) is 12.5. The number of hydrogen-bond acceptors (Lipinski definition) is 5. The molecule has 6 heteroatoms. The molecule has 0 fully saturated rings. The number of unbranched alkanes of at least 4 members (excludes halogenated alkanes) is 32. The predicted molar refractivity (Wildman–Crippen MR) is 215 cm³/mol. The Morgan fingerprint density at radius 3 is 0.960 bits per heavy atom. The van der Waals surface area contributed by atoms with Crippen molar-refractivity contribution in [3.63, 3.8) is 0 Å². The maximum Gasteiger partial charge on any atom is 0.249 e. The van der Waals surface area contributed by atoms with Crippen molar-refractivity contribution in [1.29, 1.82) is 0 Å². The Labute approximate surface area is 311 Å². The fourth-order valence-electron chi connectivity index (χ4n) is 7.23. The van der Waals surface area contributed by atoms with Crippen molar-refractivity contribution in [3.8, 4) is 0 Å². The Morgan fingerprint density at radius 1 is 0.420 bits per heavy atom. The van der Waals surface area contributed by atoms with E-state index in [1.807, 2.05) is 0 Å². The Balaban J connectivity index is 3.63. The summed E-state index contributed by atoms with van der Waals surface area (Å²) in [6, 6.07) is -0.978. The van der Waals surface area contributed by atoms with Crippen LogP contribution in [0.4, 0.5) is 0 Å². The van der Waals surface area contributed by atoms with Gasteiger partial charge in [-0.15, -0.1) is 0 Å². The van der Waals surface area contributed by atoms with E-state index in [9.17, 15) is 25.2 Å². The van der Waals surface area contributed by atoms with Gasteiger partial charge in [-0.2, -0.15) is 0 Å². The van der Waals surface area contributed by atoms with E-state index in [-0.39, 0.29) is 0 Å². The third-order valence-electron chi connectivity index (χ3n) is 10.8. The molecule has 0 spiro atoms. The quantitative estimate of drug-likeness (QED) is 0.0406. The average Bonchev–Trinajstić information content (AvgIpc) is 3.12. The lowest BCUT2D eigenvalue weighted by atomic mass is 9.99. The smallest absolute Gasteiger partial charge is 0.249 e. The van der Waals surface area contributed by atoms with Crippen LogP contribution in [-0.4, -0.2) is 57.3 Å². The molecule has 0 saturated carbocycles. The molecular formula is C44H89NO5. The van der Waals surface area contributed by atoms with Crippen LogP contribution in [0, 0.1) is 0 Å². The molecule has 0 aromatic rings. The van der Waals surface area contributed by atoms with Gasteiger partial charge in [-0.3, -0.25) is 4.79 Å². The van der Waals surface area contributed by atoms with Crippen LogP contribution in [-0.2, 0) is 4.79 Å². The summed E-state index contributed by atoms with van der Waals surface area (Å²) in [6.45, 7) is 4.05. The first-order valence-corrected chi connectivity index (χ1v) is 22.4. The van der Waals surface area contributed by atoms with Gasteiger partial charge >= 0.3 is 0 Å². The molecule has 0 aromatic heterocycles. The molecule has 4 unspecified atom stereocenters. The molecule has 0 rings (SSSR count). The van der Waals surface area contributed by atoms with Crippen LogP contribution < -0.4 is 5.32 Å². The first kappa shape index (κ1) is 49.3. The Bertz CT molecular complexity index is 677. The molecule has 0 saturated heterocycles. The molecule has 0 aromatic carbocycles. The van der Waals surface area contributed by atoms with Gasteiger partial charge in [0.15, 0.2) is 0 Å². The number of amides is 1. The third kappa shape index (κ3) is 33.2. The Morgan fingerprint density at radius 2 is 0.680 bits per heavy atom. The maximum atomic E-state index is 12.5. The van der Waals surface area contributed by atoms with Crippen molar-refractivity contribution in [1.82, 2.24) is 5.32 Å². The molecular weight excluding hydrogens is 622 g/mol. The number of aliphatic hydroxyl groups excluding tert-OH is 4. The van der Waals surface area contributed by atoms with Crippen LogP contribution in [0.2, 0.25) is 0 Å². The maximum absolute atomic E-state index is 12.5. The fourth-order valence-corrected chi connectivity index (χ4v) is 7.23. The van der Waals surface area contributed by atoms with Crippen molar-refractivity contribution in [2.45, 2.75) is 269 Å². The predicted octanol–water partition coefficient (Wildman–Crippen LogP) is 11.6. The van der Waals surface area contributed by atoms with Gasteiger partial charge in [-0.25, -0.2) is 0 Å².